The maximum absolute atomic E-state index is 12.8. The first-order valence-electron chi connectivity index (χ1n) is 9.28. The molecule has 2 unspecified atom stereocenters. The van der Waals surface area contributed by atoms with E-state index in [4.69, 9.17) is 4.42 Å². The molecule has 0 aliphatic carbocycles. The second-order valence-corrected chi connectivity index (χ2v) is 7.14. The first-order chi connectivity index (χ1) is 13.0. The summed E-state index contributed by atoms with van der Waals surface area (Å²) < 4.78 is 6.46. The summed E-state index contributed by atoms with van der Waals surface area (Å²) in [6.07, 6.45) is 4.80. The molecule has 1 amide bonds. The smallest absolute Gasteiger partial charge is 0.388 e. The van der Waals surface area contributed by atoms with Gasteiger partial charge in [-0.15, -0.1) is 5.10 Å². The minimum absolute atomic E-state index is 0.101. The van der Waals surface area contributed by atoms with E-state index in [1.807, 2.05) is 49.1 Å². The van der Waals surface area contributed by atoms with Gasteiger partial charge in [0.2, 0.25) is 11.8 Å². The van der Waals surface area contributed by atoms with Crippen molar-refractivity contribution >= 4 is 16.8 Å². The molecule has 3 aromatic rings. The molecule has 27 heavy (non-hydrogen) atoms. The van der Waals surface area contributed by atoms with E-state index in [9.17, 15) is 9.59 Å². The topological polar surface area (TPSA) is 81.2 Å². The second-order valence-electron chi connectivity index (χ2n) is 7.14. The van der Waals surface area contributed by atoms with E-state index in [2.05, 4.69) is 10.1 Å². The number of hydrogen-bond acceptors (Lipinski definition) is 5. The van der Waals surface area contributed by atoms with Crippen LogP contribution in [0.3, 0.4) is 0 Å². The minimum Gasteiger partial charge on any atom is -0.388 e. The van der Waals surface area contributed by atoms with Crippen molar-refractivity contribution in [1.29, 1.82) is 0 Å². The van der Waals surface area contributed by atoms with Crippen LogP contribution >= 0.6 is 0 Å². The maximum Gasteiger partial charge on any atom is 0.437 e. The molecule has 140 valence electrons. The zero-order valence-corrected chi connectivity index (χ0v) is 15.5. The quantitative estimate of drug-likeness (QED) is 0.712. The number of carbonyl (C=O) groups is 1. The molecule has 1 fully saturated rings. The molecule has 4 rings (SSSR count). The van der Waals surface area contributed by atoms with E-state index in [0.717, 1.165) is 34.8 Å². The average Bonchev–Trinajstić information content (AvgIpc) is 3.01. The van der Waals surface area contributed by atoms with E-state index in [1.165, 1.54) is 0 Å². The van der Waals surface area contributed by atoms with Gasteiger partial charge in [-0.05, 0) is 51.3 Å². The molecule has 3 heterocycles. The summed E-state index contributed by atoms with van der Waals surface area (Å²) in [6, 6.07) is 9.63. The molecule has 0 spiro atoms. The maximum atomic E-state index is 12.8. The number of piperidine rings is 1. The summed E-state index contributed by atoms with van der Waals surface area (Å²) in [5.74, 6) is -0.529. The summed E-state index contributed by atoms with van der Waals surface area (Å²) in [7, 11) is 0. The lowest BCUT2D eigenvalue weighted by Gasteiger charge is -2.38. The number of rotatable bonds is 3. The second kappa shape index (κ2) is 6.98. The predicted molar refractivity (Wildman–Crippen MR) is 101 cm³/mol. The number of fused-ring (bicyclic) bond motifs is 1. The van der Waals surface area contributed by atoms with Crippen LogP contribution in [-0.2, 0) is 11.3 Å². The molecule has 7 nitrogen and oxygen atoms in total. The molecule has 1 aromatic carbocycles. The standard InChI is InChI=1S/C20H22N4O3/c1-13-6-3-7-14(2)24(13)18(25)12-23-20(26)27-19(22-23)16-8-4-10-17-15(16)9-5-11-21-17/h4-5,8-11,13-14H,3,6-7,12H2,1-2H3. The third-order valence-corrected chi connectivity index (χ3v) is 5.25. The first-order valence-corrected chi connectivity index (χ1v) is 9.28. The Morgan fingerprint density at radius 3 is 2.74 bits per heavy atom. The van der Waals surface area contributed by atoms with Crippen LogP contribution in [0.25, 0.3) is 22.4 Å². The van der Waals surface area contributed by atoms with Gasteiger partial charge in [-0.3, -0.25) is 9.78 Å². The summed E-state index contributed by atoms with van der Waals surface area (Å²) in [5.41, 5.74) is 1.47. The summed E-state index contributed by atoms with van der Waals surface area (Å²) in [6.45, 7) is 3.99. The van der Waals surface area contributed by atoms with Crippen molar-refractivity contribution in [1.82, 2.24) is 19.7 Å². The Balaban J connectivity index is 1.64. The Bertz CT molecular complexity index is 1020. The predicted octanol–water partition coefficient (Wildman–Crippen LogP) is 2.84. The highest BCUT2D eigenvalue weighted by Gasteiger charge is 2.29. The Morgan fingerprint density at radius 2 is 1.96 bits per heavy atom. The SMILES string of the molecule is CC1CCCC(C)N1C(=O)Cn1nc(-c2cccc3ncccc23)oc1=O. The minimum atomic E-state index is -0.628. The third-order valence-electron chi connectivity index (χ3n) is 5.25. The van der Waals surface area contributed by atoms with E-state index >= 15 is 0 Å². The zero-order chi connectivity index (χ0) is 19.0. The molecule has 7 heteroatoms. The van der Waals surface area contributed by atoms with E-state index in [1.54, 1.807) is 6.20 Å². The number of nitrogens with zero attached hydrogens (tertiary/aromatic N) is 4. The highest BCUT2D eigenvalue weighted by Crippen LogP contribution is 2.26. The molecule has 1 saturated heterocycles. The van der Waals surface area contributed by atoms with Gasteiger partial charge in [-0.25, -0.2) is 4.79 Å². The average molecular weight is 366 g/mol. The molecule has 1 aliphatic rings. The summed E-state index contributed by atoms with van der Waals surface area (Å²) in [5, 5.41) is 5.12. The van der Waals surface area contributed by atoms with Crippen LogP contribution in [0.2, 0.25) is 0 Å². The largest absolute Gasteiger partial charge is 0.437 e. The van der Waals surface area contributed by atoms with Crippen LogP contribution in [0.4, 0.5) is 0 Å². The number of pyridine rings is 1. The van der Waals surface area contributed by atoms with Crippen molar-refractivity contribution in [2.45, 2.75) is 51.7 Å². The van der Waals surface area contributed by atoms with Gasteiger partial charge < -0.3 is 9.32 Å². The van der Waals surface area contributed by atoms with Gasteiger partial charge in [0.25, 0.3) is 0 Å². The fraction of sp³-hybridized carbons (Fsp3) is 0.400. The molecule has 2 atom stereocenters. The number of benzene rings is 1. The number of amides is 1. The molecule has 0 bridgehead atoms. The highest BCUT2D eigenvalue weighted by molar-refractivity contribution is 5.92. The van der Waals surface area contributed by atoms with Crippen LogP contribution in [0.1, 0.15) is 33.1 Å². The molecular weight excluding hydrogens is 344 g/mol. The lowest BCUT2D eigenvalue weighted by Crippen LogP contribution is -2.49. The summed E-state index contributed by atoms with van der Waals surface area (Å²) in [4.78, 5) is 31.2. The van der Waals surface area contributed by atoms with E-state index in [0.29, 0.717) is 5.56 Å². The first kappa shape index (κ1) is 17.5. The monoisotopic (exact) mass is 366 g/mol. The van der Waals surface area contributed by atoms with E-state index < -0.39 is 5.76 Å². The van der Waals surface area contributed by atoms with Crippen molar-refractivity contribution in [3.8, 4) is 11.5 Å². The lowest BCUT2D eigenvalue weighted by atomic mass is 9.97. The molecule has 0 N–H and O–H groups in total. The Kier molecular flexibility index (Phi) is 4.51. The Morgan fingerprint density at radius 1 is 1.19 bits per heavy atom. The van der Waals surface area contributed by atoms with Crippen molar-refractivity contribution in [2.24, 2.45) is 0 Å². The van der Waals surface area contributed by atoms with Gasteiger partial charge in [-0.2, -0.15) is 4.68 Å². The number of aromatic nitrogens is 3. The van der Waals surface area contributed by atoms with Crippen LogP contribution in [0, 0.1) is 0 Å². The number of carbonyl (C=O) groups excluding carboxylic acids is 1. The fourth-order valence-corrected chi connectivity index (χ4v) is 3.93. The number of likely N-dealkylation sites (tertiary alicyclic amines) is 1. The van der Waals surface area contributed by atoms with Crippen molar-refractivity contribution < 1.29 is 9.21 Å². The normalized spacial score (nSPS) is 20.1. The molecule has 0 radical (unpaired) electrons. The zero-order valence-electron chi connectivity index (χ0n) is 15.5. The van der Waals surface area contributed by atoms with Gasteiger partial charge in [0.1, 0.15) is 6.54 Å². The van der Waals surface area contributed by atoms with Gasteiger partial charge in [-0.1, -0.05) is 12.1 Å². The van der Waals surface area contributed by atoms with Crippen LogP contribution in [0.5, 0.6) is 0 Å². The highest BCUT2D eigenvalue weighted by atomic mass is 16.4. The molecular formula is C20H22N4O3. The molecule has 1 aliphatic heterocycles. The Labute approximate surface area is 156 Å². The lowest BCUT2D eigenvalue weighted by molar-refractivity contribution is -0.138. The Hall–Kier alpha value is -2.96. The number of hydrogen-bond donors (Lipinski definition) is 0. The van der Waals surface area contributed by atoms with Crippen LogP contribution in [-0.4, -0.2) is 37.7 Å². The van der Waals surface area contributed by atoms with Crippen molar-refractivity contribution in [3.63, 3.8) is 0 Å². The van der Waals surface area contributed by atoms with Crippen LogP contribution in [0.15, 0.2) is 45.7 Å². The van der Waals surface area contributed by atoms with Gasteiger partial charge in [0, 0.05) is 29.2 Å². The van der Waals surface area contributed by atoms with Crippen molar-refractivity contribution in [3.05, 3.63) is 47.1 Å². The van der Waals surface area contributed by atoms with Gasteiger partial charge >= 0.3 is 5.76 Å². The third kappa shape index (κ3) is 3.25. The van der Waals surface area contributed by atoms with Gasteiger partial charge in [0.05, 0.1) is 5.52 Å². The van der Waals surface area contributed by atoms with Gasteiger partial charge in [0.15, 0.2) is 0 Å². The molecule has 2 aromatic heterocycles. The fourth-order valence-electron chi connectivity index (χ4n) is 3.93. The summed E-state index contributed by atoms with van der Waals surface area (Å²) >= 11 is 0. The van der Waals surface area contributed by atoms with Crippen LogP contribution < -0.4 is 5.76 Å². The molecule has 0 saturated carbocycles. The van der Waals surface area contributed by atoms with E-state index in [-0.39, 0.29) is 30.4 Å². The van der Waals surface area contributed by atoms with Crippen molar-refractivity contribution in [2.75, 3.05) is 0 Å².